The molecule has 0 radical (unpaired) electrons. The zero-order chi connectivity index (χ0) is 12.7. The molecule has 0 aliphatic heterocycles. The number of hydrogen-bond donors (Lipinski definition) is 1. The van der Waals surface area contributed by atoms with E-state index >= 15 is 0 Å². The summed E-state index contributed by atoms with van der Waals surface area (Å²) in [7, 11) is 0. The molecule has 1 rings (SSSR count). The van der Waals surface area contributed by atoms with Gasteiger partial charge in [-0.3, -0.25) is 0 Å². The minimum atomic E-state index is 0.792. The van der Waals surface area contributed by atoms with E-state index in [9.17, 15) is 0 Å². The first-order chi connectivity index (χ1) is 8.13. The van der Waals surface area contributed by atoms with Gasteiger partial charge in [0.2, 0.25) is 0 Å². The van der Waals surface area contributed by atoms with Gasteiger partial charge in [0.1, 0.15) is 0 Å². The highest BCUT2D eigenvalue weighted by molar-refractivity contribution is 4.81. The first-order valence-electron chi connectivity index (χ1n) is 7.86. The molecule has 0 spiro atoms. The molecule has 17 heavy (non-hydrogen) atoms. The molecule has 3 unspecified atom stereocenters. The summed E-state index contributed by atoms with van der Waals surface area (Å²) < 4.78 is 0. The third-order valence-corrected chi connectivity index (χ3v) is 4.26. The van der Waals surface area contributed by atoms with Crippen molar-refractivity contribution in [1.29, 1.82) is 0 Å². The molecule has 1 aliphatic carbocycles. The van der Waals surface area contributed by atoms with Gasteiger partial charge in [0.15, 0.2) is 0 Å². The predicted molar refractivity (Wildman–Crippen MR) is 77.3 cm³/mol. The van der Waals surface area contributed by atoms with Crippen LogP contribution in [0.2, 0.25) is 0 Å². The topological polar surface area (TPSA) is 12.0 Å². The van der Waals surface area contributed by atoms with Crippen molar-refractivity contribution in [3.8, 4) is 0 Å². The fraction of sp³-hybridized carbons (Fsp3) is 1.00. The Morgan fingerprint density at radius 3 is 2.53 bits per heavy atom. The zero-order valence-electron chi connectivity index (χ0n) is 12.5. The van der Waals surface area contributed by atoms with Gasteiger partial charge in [-0.05, 0) is 56.4 Å². The molecule has 0 aromatic carbocycles. The molecule has 1 N–H and O–H groups in total. The molecular weight excluding hydrogens is 206 g/mol. The van der Waals surface area contributed by atoms with Gasteiger partial charge in [0, 0.05) is 6.04 Å². The van der Waals surface area contributed by atoms with Crippen LogP contribution in [0.4, 0.5) is 0 Å². The Hall–Kier alpha value is -0.0400. The maximum absolute atomic E-state index is 3.82. The third-order valence-electron chi connectivity index (χ3n) is 4.26. The molecular formula is C16H33N. The lowest BCUT2D eigenvalue weighted by molar-refractivity contribution is 0.209. The van der Waals surface area contributed by atoms with E-state index in [0.29, 0.717) is 0 Å². The van der Waals surface area contributed by atoms with Crippen molar-refractivity contribution >= 4 is 0 Å². The van der Waals surface area contributed by atoms with Gasteiger partial charge in [0.05, 0.1) is 0 Å². The van der Waals surface area contributed by atoms with Crippen molar-refractivity contribution in [3.63, 3.8) is 0 Å². The molecule has 102 valence electrons. The fourth-order valence-corrected chi connectivity index (χ4v) is 3.19. The zero-order valence-corrected chi connectivity index (χ0v) is 12.5. The molecule has 3 atom stereocenters. The summed E-state index contributed by atoms with van der Waals surface area (Å²) in [6.07, 6.45) is 9.87. The summed E-state index contributed by atoms with van der Waals surface area (Å²) in [4.78, 5) is 0. The smallest absolute Gasteiger partial charge is 0.00955 e. The second-order valence-corrected chi connectivity index (χ2v) is 6.56. The van der Waals surface area contributed by atoms with Gasteiger partial charge < -0.3 is 5.32 Å². The van der Waals surface area contributed by atoms with E-state index in [2.05, 4.69) is 33.0 Å². The van der Waals surface area contributed by atoms with Crippen LogP contribution in [-0.2, 0) is 0 Å². The molecule has 0 saturated heterocycles. The summed E-state index contributed by atoms with van der Waals surface area (Å²) in [5.41, 5.74) is 0. The van der Waals surface area contributed by atoms with E-state index in [0.717, 1.165) is 23.8 Å². The molecule has 0 bridgehead atoms. The standard InChI is InChI=1S/C16H33N/c1-5-11-17-16(10-9-13(2)3)15-8-6-7-14(4)12-15/h13-17H,5-12H2,1-4H3. The van der Waals surface area contributed by atoms with E-state index in [1.54, 1.807) is 0 Å². The van der Waals surface area contributed by atoms with Gasteiger partial charge in [-0.2, -0.15) is 0 Å². The summed E-state index contributed by atoms with van der Waals surface area (Å²) in [6, 6.07) is 0.792. The lowest BCUT2D eigenvalue weighted by Gasteiger charge is -2.34. The van der Waals surface area contributed by atoms with Crippen LogP contribution in [0, 0.1) is 17.8 Å². The number of rotatable bonds is 7. The second-order valence-electron chi connectivity index (χ2n) is 6.56. The molecule has 0 heterocycles. The van der Waals surface area contributed by atoms with E-state index in [4.69, 9.17) is 0 Å². The highest BCUT2D eigenvalue weighted by atomic mass is 14.9. The van der Waals surface area contributed by atoms with Gasteiger partial charge in [-0.1, -0.05) is 40.5 Å². The van der Waals surface area contributed by atoms with Crippen molar-refractivity contribution in [2.75, 3.05) is 6.54 Å². The minimum Gasteiger partial charge on any atom is -0.314 e. The Balaban J connectivity index is 2.42. The summed E-state index contributed by atoms with van der Waals surface area (Å²) >= 11 is 0. The van der Waals surface area contributed by atoms with Crippen molar-refractivity contribution in [3.05, 3.63) is 0 Å². The maximum Gasteiger partial charge on any atom is 0.00955 e. The second kappa shape index (κ2) is 8.13. The first-order valence-corrected chi connectivity index (χ1v) is 7.86. The van der Waals surface area contributed by atoms with Crippen LogP contribution in [0.5, 0.6) is 0 Å². The largest absolute Gasteiger partial charge is 0.314 e. The summed E-state index contributed by atoms with van der Waals surface area (Å²) in [5, 5.41) is 3.82. The maximum atomic E-state index is 3.82. The molecule has 0 aromatic rings. The van der Waals surface area contributed by atoms with Crippen LogP contribution in [0.1, 0.15) is 72.6 Å². The van der Waals surface area contributed by atoms with Crippen LogP contribution in [-0.4, -0.2) is 12.6 Å². The summed E-state index contributed by atoms with van der Waals surface area (Å²) in [6.45, 7) is 10.6. The van der Waals surface area contributed by atoms with E-state index in [1.165, 1.54) is 51.5 Å². The lowest BCUT2D eigenvalue weighted by atomic mass is 9.77. The lowest BCUT2D eigenvalue weighted by Crippen LogP contribution is -2.39. The van der Waals surface area contributed by atoms with Crippen LogP contribution in [0.15, 0.2) is 0 Å². The molecule has 1 fully saturated rings. The monoisotopic (exact) mass is 239 g/mol. The van der Waals surface area contributed by atoms with Crippen molar-refractivity contribution in [2.45, 2.75) is 78.7 Å². The molecule has 1 nitrogen and oxygen atoms in total. The van der Waals surface area contributed by atoms with E-state index in [-0.39, 0.29) is 0 Å². The Morgan fingerprint density at radius 2 is 1.94 bits per heavy atom. The average molecular weight is 239 g/mol. The minimum absolute atomic E-state index is 0.792. The third kappa shape index (κ3) is 5.90. The van der Waals surface area contributed by atoms with Crippen LogP contribution < -0.4 is 5.32 Å². The van der Waals surface area contributed by atoms with Gasteiger partial charge in [-0.15, -0.1) is 0 Å². The van der Waals surface area contributed by atoms with Crippen molar-refractivity contribution in [2.24, 2.45) is 17.8 Å². The van der Waals surface area contributed by atoms with Gasteiger partial charge in [0.25, 0.3) is 0 Å². The quantitative estimate of drug-likeness (QED) is 0.683. The van der Waals surface area contributed by atoms with E-state index < -0.39 is 0 Å². The predicted octanol–water partition coefficient (Wildman–Crippen LogP) is 4.62. The fourth-order valence-electron chi connectivity index (χ4n) is 3.19. The first kappa shape index (κ1) is 15.0. The highest BCUT2D eigenvalue weighted by Crippen LogP contribution is 2.32. The van der Waals surface area contributed by atoms with Crippen molar-refractivity contribution in [1.82, 2.24) is 5.32 Å². The number of hydrogen-bond acceptors (Lipinski definition) is 1. The highest BCUT2D eigenvalue weighted by Gasteiger charge is 2.26. The van der Waals surface area contributed by atoms with Crippen LogP contribution >= 0.6 is 0 Å². The molecule has 0 amide bonds. The Kier molecular flexibility index (Phi) is 7.18. The average Bonchev–Trinajstić information content (AvgIpc) is 2.29. The Morgan fingerprint density at radius 1 is 1.18 bits per heavy atom. The Bertz CT molecular complexity index is 188. The normalized spacial score (nSPS) is 27.4. The van der Waals surface area contributed by atoms with Crippen LogP contribution in [0.3, 0.4) is 0 Å². The Labute approximate surface area is 109 Å². The molecule has 1 saturated carbocycles. The van der Waals surface area contributed by atoms with Gasteiger partial charge in [-0.25, -0.2) is 0 Å². The molecule has 1 heteroatoms. The van der Waals surface area contributed by atoms with Crippen molar-refractivity contribution < 1.29 is 0 Å². The summed E-state index contributed by atoms with van der Waals surface area (Å²) in [5.74, 6) is 2.75. The van der Waals surface area contributed by atoms with Gasteiger partial charge >= 0.3 is 0 Å². The van der Waals surface area contributed by atoms with E-state index in [1.807, 2.05) is 0 Å². The van der Waals surface area contributed by atoms with Crippen LogP contribution in [0.25, 0.3) is 0 Å². The molecule has 0 aromatic heterocycles. The SMILES string of the molecule is CCCNC(CCC(C)C)C1CCCC(C)C1. The molecule has 1 aliphatic rings. The number of nitrogens with one attached hydrogen (secondary N) is 1.